The van der Waals surface area contributed by atoms with Crippen molar-refractivity contribution in [2.75, 3.05) is 31.1 Å². The summed E-state index contributed by atoms with van der Waals surface area (Å²) < 4.78 is 2.24. The Morgan fingerprint density at radius 1 is 0.854 bits per heavy atom. The monoisotopic (exact) mass is 537 g/mol. The van der Waals surface area contributed by atoms with Crippen LogP contribution in [0.1, 0.15) is 23.2 Å². The number of aromatic nitrogens is 3. The maximum Gasteiger partial charge on any atom is 0.119 e. The van der Waals surface area contributed by atoms with Crippen LogP contribution in [0.15, 0.2) is 122 Å². The van der Waals surface area contributed by atoms with Crippen LogP contribution in [0.5, 0.6) is 0 Å². The first kappa shape index (κ1) is 25.5. The molecule has 204 valence electrons. The minimum Gasteiger partial charge on any atom is -0.368 e. The summed E-state index contributed by atoms with van der Waals surface area (Å²) in [4.78, 5) is 7.17. The third-order valence-corrected chi connectivity index (χ3v) is 8.69. The number of nitrogens with zero attached hydrogens (tertiary/aromatic N) is 4. The van der Waals surface area contributed by atoms with Gasteiger partial charge >= 0.3 is 0 Å². The number of pyridine rings is 1. The van der Waals surface area contributed by atoms with Crippen molar-refractivity contribution >= 4 is 16.6 Å². The molecule has 1 saturated heterocycles. The van der Waals surface area contributed by atoms with Crippen LogP contribution in [-0.4, -0.2) is 40.9 Å². The predicted molar refractivity (Wildman–Crippen MR) is 168 cm³/mol. The molecule has 5 aromatic rings. The van der Waals surface area contributed by atoms with Crippen molar-refractivity contribution in [3.8, 4) is 11.1 Å². The molecule has 2 aliphatic rings. The lowest BCUT2D eigenvalue weighted by molar-refractivity contribution is 0.292. The van der Waals surface area contributed by atoms with E-state index in [4.69, 9.17) is 10.1 Å². The molecule has 1 aliphatic heterocycles. The fourth-order valence-corrected chi connectivity index (χ4v) is 6.71. The Hall–Kier alpha value is -4.48. The first-order chi connectivity index (χ1) is 20.2. The van der Waals surface area contributed by atoms with Crippen molar-refractivity contribution in [1.82, 2.24) is 20.1 Å². The maximum absolute atomic E-state index is 5.30. The molecule has 1 N–H and O–H groups in total. The average Bonchev–Trinajstić information content (AvgIpc) is 3.44. The Bertz CT molecular complexity index is 1670. The van der Waals surface area contributed by atoms with Gasteiger partial charge in [-0.2, -0.15) is 5.10 Å². The number of fused-ring (bicyclic) bond motifs is 1. The summed E-state index contributed by atoms with van der Waals surface area (Å²) in [5.41, 5.74) is 7.57. The Balaban J connectivity index is 1.41. The molecular formula is C36H35N5. The summed E-state index contributed by atoms with van der Waals surface area (Å²) in [7, 11) is 0. The number of hydrogen-bond acceptors (Lipinski definition) is 4. The number of piperazine rings is 1. The van der Waals surface area contributed by atoms with Gasteiger partial charge in [0.2, 0.25) is 0 Å². The standard InChI is InChI=1S/C36H35N5/c1-27-33(28-17-18-34-32(25-28)35(19-20-38-34)40-23-21-37-22-24-40)26-41(39-27)36(29-11-5-2-6-12-29,30-13-7-3-8-14-30)31-15-9-4-10-16-31/h2-15,17-20,25-26,31,37H,16,21-24H2,1H3. The van der Waals surface area contributed by atoms with Gasteiger partial charge in [0.15, 0.2) is 0 Å². The highest BCUT2D eigenvalue weighted by Crippen LogP contribution is 2.45. The molecule has 7 rings (SSSR count). The summed E-state index contributed by atoms with van der Waals surface area (Å²) in [5.74, 6) is 0.199. The largest absolute Gasteiger partial charge is 0.368 e. The van der Waals surface area contributed by atoms with Crippen molar-refractivity contribution in [2.24, 2.45) is 5.92 Å². The van der Waals surface area contributed by atoms with Gasteiger partial charge in [0.05, 0.1) is 11.2 Å². The molecule has 41 heavy (non-hydrogen) atoms. The fraction of sp³-hybridized carbons (Fsp3) is 0.222. The van der Waals surface area contributed by atoms with Gasteiger partial charge in [-0.15, -0.1) is 0 Å². The van der Waals surface area contributed by atoms with Crippen LogP contribution in [-0.2, 0) is 5.54 Å². The van der Waals surface area contributed by atoms with E-state index in [1.165, 1.54) is 27.8 Å². The van der Waals surface area contributed by atoms with Crippen LogP contribution in [0.25, 0.3) is 22.0 Å². The summed E-state index contributed by atoms with van der Waals surface area (Å²) in [6.45, 7) is 6.14. The molecule has 5 heteroatoms. The van der Waals surface area contributed by atoms with Crippen molar-refractivity contribution in [3.63, 3.8) is 0 Å². The fourth-order valence-electron chi connectivity index (χ4n) is 6.71. The molecule has 0 radical (unpaired) electrons. The van der Waals surface area contributed by atoms with Crippen LogP contribution in [0.3, 0.4) is 0 Å². The van der Waals surface area contributed by atoms with Gasteiger partial charge in [0, 0.05) is 61.1 Å². The van der Waals surface area contributed by atoms with E-state index in [0.717, 1.165) is 49.4 Å². The van der Waals surface area contributed by atoms with Gasteiger partial charge in [-0.05, 0) is 48.2 Å². The van der Waals surface area contributed by atoms with E-state index in [1.807, 2.05) is 6.20 Å². The van der Waals surface area contributed by atoms with Crippen LogP contribution in [0.2, 0.25) is 0 Å². The lowest BCUT2D eigenvalue weighted by Crippen LogP contribution is -2.43. The molecule has 5 nitrogen and oxygen atoms in total. The van der Waals surface area contributed by atoms with Gasteiger partial charge < -0.3 is 10.2 Å². The molecule has 1 aliphatic carbocycles. The molecule has 2 aromatic heterocycles. The number of anilines is 1. The molecule has 3 heterocycles. The summed E-state index contributed by atoms with van der Waals surface area (Å²) in [5, 5.41) is 9.97. The topological polar surface area (TPSA) is 46.0 Å². The molecule has 0 spiro atoms. The van der Waals surface area contributed by atoms with Crippen LogP contribution in [0.4, 0.5) is 5.69 Å². The Labute approximate surface area is 241 Å². The summed E-state index contributed by atoms with van der Waals surface area (Å²) >= 11 is 0. The van der Waals surface area contributed by atoms with Gasteiger partial charge in [-0.1, -0.05) is 91.0 Å². The summed E-state index contributed by atoms with van der Waals surface area (Å²) in [6.07, 6.45) is 14.1. The van der Waals surface area contributed by atoms with Crippen LogP contribution >= 0.6 is 0 Å². The van der Waals surface area contributed by atoms with Crippen molar-refractivity contribution in [1.29, 1.82) is 0 Å². The zero-order chi connectivity index (χ0) is 27.6. The first-order valence-electron chi connectivity index (χ1n) is 14.6. The molecule has 0 amide bonds. The number of allylic oxidation sites excluding steroid dienone is 4. The highest BCUT2D eigenvalue weighted by Gasteiger charge is 2.43. The third-order valence-electron chi connectivity index (χ3n) is 8.69. The first-order valence-corrected chi connectivity index (χ1v) is 14.6. The Kier molecular flexibility index (Phi) is 6.73. The van der Waals surface area contributed by atoms with E-state index in [9.17, 15) is 0 Å². The third kappa shape index (κ3) is 4.47. The second-order valence-corrected chi connectivity index (χ2v) is 11.0. The lowest BCUT2D eigenvalue weighted by Gasteiger charge is -2.41. The van der Waals surface area contributed by atoms with E-state index in [1.54, 1.807) is 0 Å². The number of rotatable bonds is 6. The lowest BCUT2D eigenvalue weighted by atomic mass is 9.70. The number of benzene rings is 3. The van der Waals surface area contributed by atoms with Crippen molar-refractivity contribution in [2.45, 2.75) is 18.9 Å². The van der Waals surface area contributed by atoms with Crippen molar-refractivity contribution < 1.29 is 0 Å². The quantitative estimate of drug-likeness (QED) is 0.261. The normalized spacial score (nSPS) is 17.3. The molecule has 0 saturated carbocycles. The molecular weight excluding hydrogens is 502 g/mol. The van der Waals surface area contributed by atoms with Crippen molar-refractivity contribution in [3.05, 3.63) is 138 Å². The maximum atomic E-state index is 5.30. The molecule has 3 aromatic carbocycles. The molecule has 1 unspecified atom stereocenters. The second-order valence-electron chi connectivity index (χ2n) is 11.0. The van der Waals surface area contributed by atoms with Gasteiger partial charge in [-0.3, -0.25) is 9.67 Å². The summed E-state index contributed by atoms with van der Waals surface area (Å²) in [6, 6.07) is 30.6. The highest BCUT2D eigenvalue weighted by molar-refractivity contribution is 5.95. The minimum atomic E-state index is -0.503. The average molecular weight is 538 g/mol. The van der Waals surface area contributed by atoms with Gasteiger partial charge in [-0.25, -0.2) is 0 Å². The minimum absolute atomic E-state index is 0.199. The second kappa shape index (κ2) is 10.8. The number of aryl methyl sites for hydroxylation is 1. The Morgan fingerprint density at radius 2 is 1.59 bits per heavy atom. The van der Waals surface area contributed by atoms with E-state index < -0.39 is 5.54 Å². The van der Waals surface area contributed by atoms with E-state index in [0.29, 0.717) is 0 Å². The number of nitrogens with one attached hydrogen (secondary N) is 1. The van der Waals surface area contributed by atoms with E-state index in [-0.39, 0.29) is 5.92 Å². The molecule has 1 fully saturated rings. The van der Waals surface area contributed by atoms with E-state index >= 15 is 0 Å². The Morgan fingerprint density at radius 3 is 2.27 bits per heavy atom. The molecule has 0 bridgehead atoms. The predicted octanol–water partition coefficient (Wildman–Crippen LogP) is 6.74. The zero-order valence-electron chi connectivity index (χ0n) is 23.4. The SMILES string of the molecule is Cc1nn(C(c2ccccc2)(c2ccccc2)C2C=CC=CC2)cc1-c1ccc2nccc(N3CCNCC3)c2c1. The smallest absolute Gasteiger partial charge is 0.119 e. The van der Waals surface area contributed by atoms with E-state index in [2.05, 4.69) is 137 Å². The molecule has 1 atom stereocenters. The van der Waals surface area contributed by atoms with Gasteiger partial charge in [0.25, 0.3) is 0 Å². The van der Waals surface area contributed by atoms with Gasteiger partial charge in [0.1, 0.15) is 5.54 Å². The van der Waals surface area contributed by atoms with Crippen LogP contribution < -0.4 is 10.2 Å². The number of hydrogen-bond donors (Lipinski definition) is 1. The van der Waals surface area contributed by atoms with Crippen LogP contribution in [0, 0.1) is 12.8 Å². The zero-order valence-corrected chi connectivity index (χ0v) is 23.4. The highest BCUT2D eigenvalue weighted by atomic mass is 15.3.